The average molecular weight is 342 g/mol. The predicted molar refractivity (Wildman–Crippen MR) is 95.0 cm³/mol. The van der Waals surface area contributed by atoms with E-state index in [4.69, 9.17) is 0 Å². The van der Waals surface area contributed by atoms with Gasteiger partial charge in [-0.1, -0.05) is 12.1 Å². The van der Waals surface area contributed by atoms with Gasteiger partial charge in [-0.25, -0.2) is 4.39 Å². The lowest BCUT2D eigenvalue weighted by atomic mass is 9.91. The first-order chi connectivity index (χ1) is 12.0. The number of halogens is 1. The van der Waals surface area contributed by atoms with Crippen LogP contribution in [0.2, 0.25) is 0 Å². The Morgan fingerprint density at radius 2 is 2.00 bits per heavy atom. The van der Waals surface area contributed by atoms with E-state index >= 15 is 0 Å². The van der Waals surface area contributed by atoms with Gasteiger partial charge in [-0.05, 0) is 55.4 Å². The molecule has 1 aliphatic heterocycles. The lowest BCUT2D eigenvalue weighted by molar-refractivity contribution is 0.0668. The highest BCUT2D eigenvalue weighted by Gasteiger charge is 2.24. The van der Waals surface area contributed by atoms with Crippen molar-refractivity contribution in [3.8, 4) is 0 Å². The molecule has 1 saturated heterocycles. The molecule has 1 aliphatic rings. The number of aryl methyl sites for hydroxylation is 2. The summed E-state index contributed by atoms with van der Waals surface area (Å²) in [6.07, 6.45) is 5.57. The summed E-state index contributed by atoms with van der Waals surface area (Å²) in [5.74, 6) is 0.158. The van der Waals surface area contributed by atoms with E-state index in [0.717, 1.165) is 44.3 Å². The van der Waals surface area contributed by atoms with Crippen LogP contribution in [0.25, 0.3) is 0 Å². The van der Waals surface area contributed by atoms with Crippen molar-refractivity contribution in [2.45, 2.75) is 25.7 Å². The highest BCUT2D eigenvalue weighted by molar-refractivity contribution is 5.94. The number of aromatic nitrogens is 1. The van der Waals surface area contributed by atoms with Crippen molar-refractivity contribution in [3.63, 3.8) is 0 Å². The maximum Gasteiger partial charge on any atom is 0.254 e. The highest BCUT2D eigenvalue weighted by Crippen LogP contribution is 2.23. The molecule has 0 saturated carbocycles. The molecule has 0 bridgehead atoms. The largest absolute Gasteiger partial charge is 0.338 e. The van der Waals surface area contributed by atoms with E-state index in [0.29, 0.717) is 11.5 Å². The molecule has 0 spiro atoms. The van der Waals surface area contributed by atoms with Crippen LogP contribution >= 0.6 is 0 Å². The Morgan fingerprint density at radius 3 is 2.72 bits per heavy atom. The Labute approximate surface area is 146 Å². The normalized spacial score (nSPS) is 17.5. The average Bonchev–Trinajstić information content (AvgIpc) is 2.63. The zero-order valence-corrected chi connectivity index (χ0v) is 14.5. The fraction of sp³-hybridized carbons (Fsp3) is 0.400. The van der Waals surface area contributed by atoms with Crippen molar-refractivity contribution in [1.82, 2.24) is 9.47 Å². The van der Waals surface area contributed by atoms with Crippen molar-refractivity contribution in [1.29, 1.82) is 0 Å². The van der Waals surface area contributed by atoms with E-state index in [1.165, 1.54) is 22.8 Å². The molecule has 0 aliphatic carbocycles. The Hall–Kier alpha value is -2.43. The van der Waals surface area contributed by atoms with Gasteiger partial charge in [-0.2, -0.15) is 0 Å². The third-order valence-electron chi connectivity index (χ3n) is 4.91. The molecule has 2 heterocycles. The van der Waals surface area contributed by atoms with Gasteiger partial charge in [-0.3, -0.25) is 9.59 Å². The Balaban J connectivity index is 1.60. The quantitative estimate of drug-likeness (QED) is 0.857. The van der Waals surface area contributed by atoms with Gasteiger partial charge in [0.05, 0.1) is 0 Å². The van der Waals surface area contributed by atoms with Gasteiger partial charge in [0.25, 0.3) is 11.5 Å². The Morgan fingerprint density at radius 1 is 1.24 bits per heavy atom. The maximum atomic E-state index is 13.0. The van der Waals surface area contributed by atoms with Gasteiger partial charge in [0, 0.05) is 38.0 Å². The number of rotatable bonds is 4. The summed E-state index contributed by atoms with van der Waals surface area (Å²) in [6, 6.07) is 9.72. The summed E-state index contributed by atoms with van der Waals surface area (Å²) >= 11 is 0. The van der Waals surface area contributed by atoms with Crippen molar-refractivity contribution in [2.75, 3.05) is 13.1 Å². The molecule has 5 heteroatoms. The molecule has 25 heavy (non-hydrogen) atoms. The van der Waals surface area contributed by atoms with Crippen LogP contribution in [-0.2, 0) is 13.5 Å². The van der Waals surface area contributed by atoms with E-state index in [-0.39, 0.29) is 17.3 Å². The zero-order valence-electron chi connectivity index (χ0n) is 14.5. The molecule has 2 aromatic rings. The second-order valence-corrected chi connectivity index (χ2v) is 6.79. The molecule has 1 aromatic heterocycles. The van der Waals surface area contributed by atoms with Gasteiger partial charge in [0.15, 0.2) is 0 Å². The lowest BCUT2D eigenvalue weighted by Crippen LogP contribution is -2.40. The number of benzene rings is 1. The van der Waals surface area contributed by atoms with Crippen molar-refractivity contribution < 1.29 is 9.18 Å². The third-order valence-corrected chi connectivity index (χ3v) is 4.91. The molecule has 1 unspecified atom stereocenters. The maximum absolute atomic E-state index is 13.0. The monoisotopic (exact) mass is 342 g/mol. The van der Waals surface area contributed by atoms with Crippen molar-refractivity contribution in [3.05, 3.63) is 69.9 Å². The standard InChI is InChI=1S/C20H23FN2O2/c1-22-12-10-17(13-19(22)24)20(25)23-11-2-3-16(14-23)5-4-15-6-8-18(21)9-7-15/h6-10,12-13,16H,2-5,11,14H2,1H3. The molecule has 0 radical (unpaired) electrons. The third kappa shape index (κ3) is 4.35. The van der Waals surface area contributed by atoms with Crippen LogP contribution in [0.5, 0.6) is 0 Å². The Kier molecular flexibility index (Phi) is 5.31. The van der Waals surface area contributed by atoms with Gasteiger partial charge >= 0.3 is 0 Å². The summed E-state index contributed by atoms with van der Waals surface area (Å²) in [5.41, 5.74) is 1.41. The molecule has 132 valence electrons. The van der Waals surface area contributed by atoms with E-state index in [1.807, 2.05) is 17.0 Å². The number of hydrogen-bond donors (Lipinski definition) is 0. The molecule has 4 nitrogen and oxygen atoms in total. The molecule has 1 atom stereocenters. The molecule has 3 rings (SSSR count). The van der Waals surface area contributed by atoms with Crippen LogP contribution in [0.15, 0.2) is 47.4 Å². The van der Waals surface area contributed by atoms with E-state index in [1.54, 1.807) is 19.3 Å². The summed E-state index contributed by atoms with van der Waals surface area (Å²) in [4.78, 5) is 26.3. The second-order valence-electron chi connectivity index (χ2n) is 6.79. The van der Waals surface area contributed by atoms with Crippen LogP contribution in [0, 0.1) is 11.7 Å². The zero-order chi connectivity index (χ0) is 17.8. The predicted octanol–water partition coefficient (Wildman–Crippen LogP) is 3.01. The number of carbonyl (C=O) groups is 1. The second kappa shape index (κ2) is 7.64. The van der Waals surface area contributed by atoms with Gasteiger partial charge < -0.3 is 9.47 Å². The minimum atomic E-state index is -0.216. The molecule has 1 amide bonds. The van der Waals surface area contributed by atoms with Crippen molar-refractivity contribution >= 4 is 5.91 Å². The van der Waals surface area contributed by atoms with Crippen LogP contribution in [-0.4, -0.2) is 28.5 Å². The van der Waals surface area contributed by atoms with Gasteiger partial charge in [-0.15, -0.1) is 0 Å². The summed E-state index contributed by atoms with van der Waals surface area (Å²) in [7, 11) is 1.67. The van der Waals surface area contributed by atoms with E-state index in [9.17, 15) is 14.0 Å². The van der Waals surface area contributed by atoms with Crippen LogP contribution in [0.1, 0.15) is 35.2 Å². The fourth-order valence-corrected chi connectivity index (χ4v) is 3.37. The lowest BCUT2D eigenvalue weighted by Gasteiger charge is -2.33. The number of hydrogen-bond acceptors (Lipinski definition) is 2. The number of carbonyl (C=O) groups excluding carboxylic acids is 1. The summed E-state index contributed by atoms with van der Waals surface area (Å²) in [5, 5.41) is 0. The molecule has 0 N–H and O–H groups in total. The smallest absolute Gasteiger partial charge is 0.254 e. The minimum absolute atomic E-state index is 0.0656. The van der Waals surface area contributed by atoms with E-state index < -0.39 is 0 Å². The number of nitrogens with zero attached hydrogens (tertiary/aromatic N) is 2. The van der Waals surface area contributed by atoms with Gasteiger partial charge in [0.1, 0.15) is 5.82 Å². The number of amides is 1. The Bertz CT molecular complexity index is 798. The number of pyridine rings is 1. The number of likely N-dealkylation sites (tertiary alicyclic amines) is 1. The SMILES string of the molecule is Cn1ccc(C(=O)N2CCCC(CCc3ccc(F)cc3)C2)cc1=O. The highest BCUT2D eigenvalue weighted by atomic mass is 19.1. The van der Waals surface area contributed by atoms with Crippen LogP contribution in [0.3, 0.4) is 0 Å². The first-order valence-corrected chi connectivity index (χ1v) is 8.73. The summed E-state index contributed by atoms with van der Waals surface area (Å²) in [6.45, 7) is 1.45. The fourth-order valence-electron chi connectivity index (χ4n) is 3.37. The molecular formula is C20H23FN2O2. The molecule has 1 fully saturated rings. The molecule has 1 aromatic carbocycles. The van der Waals surface area contributed by atoms with Crippen molar-refractivity contribution in [2.24, 2.45) is 13.0 Å². The minimum Gasteiger partial charge on any atom is -0.338 e. The van der Waals surface area contributed by atoms with Crippen LogP contribution < -0.4 is 5.56 Å². The van der Waals surface area contributed by atoms with E-state index in [2.05, 4.69) is 0 Å². The first kappa shape index (κ1) is 17.4. The summed E-state index contributed by atoms with van der Waals surface area (Å²) < 4.78 is 14.4. The van der Waals surface area contributed by atoms with Gasteiger partial charge in [0.2, 0.25) is 0 Å². The number of piperidine rings is 1. The topological polar surface area (TPSA) is 42.3 Å². The van der Waals surface area contributed by atoms with Crippen LogP contribution in [0.4, 0.5) is 4.39 Å². The molecular weight excluding hydrogens is 319 g/mol. The first-order valence-electron chi connectivity index (χ1n) is 8.73.